The third-order valence-corrected chi connectivity index (χ3v) is 5.04. The first kappa shape index (κ1) is 11.8. The normalized spacial score (nSPS) is 27.2. The summed E-state index contributed by atoms with van der Waals surface area (Å²) in [6.45, 7) is 0. The van der Waals surface area contributed by atoms with Crippen molar-refractivity contribution in [1.29, 1.82) is 0 Å². The summed E-state index contributed by atoms with van der Waals surface area (Å²) in [4.78, 5) is 5.71. The highest BCUT2D eigenvalue weighted by molar-refractivity contribution is 9.10. The van der Waals surface area contributed by atoms with Crippen LogP contribution in [0.2, 0.25) is 10.0 Å². The van der Waals surface area contributed by atoms with Gasteiger partial charge < -0.3 is 0 Å². The van der Waals surface area contributed by atoms with Crippen LogP contribution in [0.15, 0.2) is 28.9 Å². The SMILES string of the molecule is Clc1c(Br)ccc(C2(C3CC3)C=CNO2)c1Cl. The molecule has 1 aromatic rings. The molecule has 1 aliphatic heterocycles. The molecule has 0 aromatic heterocycles. The van der Waals surface area contributed by atoms with Crippen LogP contribution in [0.1, 0.15) is 18.4 Å². The van der Waals surface area contributed by atoms with E-state index in [1.54, 1.807) is 0 Å². The van der Waals surface area contributed by atoms with E-state index in [-0.39, 0.29) is 0 Å². The van der Waals surface area contributed by atoms with Crippen molar-refractivity contribution in [3.63, 3.8) is 0 Å². The molecule has 17 heavy (non-hydrogen) atoms. The van der Waals surface area contributed by atoms with E-state index < -0.39 is 5.60 Å². The van der Waals surface area contributed by atoms with Crippen LogP contribution in [0.5, 0.6) is 0 Å². The van der Waals surface area contributed by atoms with Gasteiger partial charge in [0.1, 0.15) is 5.60 Å². The van der Waals surface area contributed by atoms with Crippen LogP contribution in [-0.4, -0.2) is 0 Å². The zero-order chi connectivity index (χ0) is 12.0. The fourth-order valence-electron chi connectivity index (χ4n) is 2.25. The Morgan fingerprint density at radius 3 is 2.65 bits per heavy atom. The zero-order valence-electron chi connectivity index (χ0n) is 8.84. The fraction of sp³-hybridized carbons (Fsp3) is 0.333. The Morgan fingerprint density at radius 1 is 1.29 bits per heavy atom. The maximum absolute atomic E-state index is 6.34. The number of nitrogens with one attached hydrogen (secondary N) is 1. The zero-order valence-corrected chi connectivity index (χ0v) is 11.9. The number of hydrogen-bond acceptors (Lipinski definition) is 2. The van der Waals surface area contributed by atoms with Gasteiger partial charge in [-0.25, -0.2) is 0 Å². The molecule has 2 nitrogen and oxygen atoms in total. The first-order chi connectivity index (χ1) is 8.15. The van der Waals surface area contributed by atoms with Gasteiger partial charge in [0.25, 0.3) is 0 Å². The molecule has 1 unspecified atom stereocenters. The minimum Gasteiger partial charge on any atom is -0.273 e. The summed E-state index contributed by atoms with van der Waals surface area (Å²) in [5, 5.41) is 1.09. The van der Waals surface area contributed by atoms with E-state index in [0.29, 0.717) is 16.0 Å². The molecule has 90 valence electrons. The van der Waals surface area contributed by atoms with Crippen molar-refractivity contribution in [2.24, 2.45) is 5.92 Å². The van der Waals surface area contributed by atoms with Crippen molar-refractivity contribution in [3.05, 3.63) is 44.5 Å². The second kappa shape index (κ2) is 4.16. The number of benzene rings is 1. The van der Waals surface area contributed by atoms with Crippen LogP contribution in [-0.2, 0) is 10.4 Å². The van der Waals surface area contributed by atoms with Gasteiger partial charge in [0.2, 0.25) is 0 Å². The summed E-state index contributed by atoms with van der Waals surface area (Å²) >= 11 is 15.9. The predicted molar refractivity (Wildman–Crippen MR) is 71.9 cm³/mol. The summed E-state index contributed by atoms with van der Waals surface area (Å²) in [5.74, 6) is 0.475. The molecule has 1 aliphatic carbocycles. The fourth-order valence-corrected chi connectivity index (χ4v) is 3.17. The summed E-state index contributed by atoms with van der Waals surface area (Å²) in [7, 11) is 0. The lowest BCUT2D eigenvalue weighted by molar-refractivity contribution is -0.0560. The molecular formula is C12H10BrCl2NO. The second-order valence-electron chi connectivity index (χ2n) is 4.34. The minimum absolute atomic E-state index is 0.457. The van der Waals surface area contributed by atoms with E-state index in [2.05, 4.69) is 21.4 Å². The van der Waals surface area contributed by atoms with Gasteiger partial charge in [-0.05, 0) is 46.8 Å². The molecule has 0 radical (unpaired) electrons. The summed E-state index contributed by atoms with van der Waals surface area (Å²) in [6, 6.07) is 3.87. The molecule has 3 rings (SSSR count). The van der Waals surface area contributed by atoms with Crippen molar-refractivity contribution in [1.82, 2.24) is 5.48 Å². The third-order valence-electron chi connectivity index (χ3n) is 3.27. The molecule has 1 aromatic carbocycles. The van der Waals surface area contributed by atoms with E-state index in [1.807, 2.05) is 24.4 Å². The molecule has 0 spiro atoms. The van der Waals surface area contributed by atoms with Crippen molar-refractivity contribution in [2.75, 3.05) is 0 Å². The standard InChI is InChI=1S/C12H10BrCl2NO/c13-9-4-3-8(10(14)11(9)15)12(7-1-2-7)5-6-16-17-12/h3-7,16H,1-2H2. The van der Waals surface area contributed by atoms with Gasteiger partial charge in [0.15, 0.2) is 0 Å². The van der Waals surface area contributed by atoms with Crippen LogP contribution in [0, 0.1) is 5.92 Å². The average Bonchev–Trinajstić information content (AvgIpc) is 3.07. The van der Waals surface area contributed by atoms with Gasteiger partial charge in [-0.1, -0.05) is 29.3 Å². The van der Waals surface area contributed by atoms with Crippen LogP contribution >= 0.6 is 39.1 Å². The molecule has 1 fully saturated rings. The van der Waals surface area contributed by atoms with Gasteiger partial charge in [-0.3, -0.25) is 10.3 Å². The summed E-state index contributed by atoms with van der Waals surface area (Å²) < 4.78 is 0.800. The quantitative estimate of drug-likeness (QED) is 0.809. The Morgan fingerprint density at radius 2 is 2.06 bits per heavy atom. The highest BCUT2D eigenvalue weighted by atomic mass is 79.9. The van der Waals surface area contributed by atoms with Crippen LogP contribution in [0.4, 0.5) is 0 Å². The largest absolute Gasteiger partial charge is 0.273 e. The lowest BCUT2D eigenvalue weighted by atomic mass is 9.89. The third kappa shape index (κ3) is 1.80. The van der Waals surface area contributed by atoms with Crippen LogP contribution < -0.4 is 5.48 Å². The Balaban J connectivity index is 2.14. The molecule has 0 bridgehead atoms. The maximum atomic E-state index is 6.34. The van der Waals surface area contributed by atoms with Gasteiger partial charge in [0.05, 0.1) is 10.0 Å². The van der Waals surface area contributed by atoms with Gasteiger partial charge in [0, 0.05) is 16.2 Å². The topological polar surface area (TPSA) is 21.3 Å². The Hall–Kier alpha value is -0.220. The highest BCUT2D eigenvalue weighted by Gasteiger charge is 2.49. The molecule has 0 amide bonds. The highest BCUT2D eigenvalue weighted by Crippen LogP contribution is 2.53. The van der Waals surface area contributed by atoms with Crippen molar-refractivity contribution in [3.8, 4) is 0 Å². The van der Waals surface area contributed by atoms with Gasteiger partial charge in [-0.15, -0.1) is 0 Å². The molecule has 5 heteroatoms. The minimum atomic E-state index is -0.457. The van der Waals surface area contributed by atoms with Gasteiger partial charge >= 0.3 is 0 Å². The van der Waals surface area contributed by atoms with E-state index in [4.69, 9.17) is 28.0 Å². The first-order valence-corrected chi connectivity index (χ1v) is 6.95. The first-order valence-electron chi connectivity index (χ1n) is 5.40. The lowest BCUT2D eigenvalue weighted by Crippen LogP contribution is -2.29. The smallest absolute Gasteiger partial charge is 0.145 e. The van der Waals surface area contributed by atoms with E-state index in [0.717, 1.165) is 22.9 Å². The van der Waals surface area contributed by atoms with E-state index >= 15 is 0 Å². The lowest BCUT2D eigenvalue weighted by Gasteiger charge is -2.27. The monoisotopic (exact) mass is 333 g/mol. The molecule has 1 heterocycles. The van der Waals surface area contributed by atoms with Crippen molar-refractivity contribution in [2.45, 2.75) is 18.4 Å². The average molecular weight is 335 g/mol. The molecular weight excluding hydrogens is 325 g/mol. The molecule has 2 aliphatic rings. The van der Waals surface area contributed by atoms with Gasteiger partial charge in [-0.2, -0.15) is 0 Å². The van der Waals surface area contributed by atoms with E-state index in [1.165, 1.54) is 0 Å². The summed E-state index contributed by atoms with van der Waals surface area (Å²) in [5.41, 5.74) is 3.27. The maximum Gasteiger partial charge on any atom is 0.145 e. The second-order valence-corrected chi connectivity index (χ2v) is 5.95. The number of hydroxylamine groups is 1. The van der Waals surface area contributed by atoms with Crippen LogP contribution in [0.3, 0.4) is 0 Å². The molecule has 0 saturated heterocycles. The molecule has 1 saturated carbocycles. The Labute approximate surface area is 118 Å². The Kier molecular flexibility index (Phi) is 2.90. The number of halogens is 3. The Bertz CT molecular complexity index is 502. The molecule has 1 N–H and O–H groups in total. The van der Waals surface area contributed by atoms with Crippen molar-refractivity contribution >= 4 is 39.1 Å². The number of hydrogen-bond donors (Lipinski definition) is 1. The molecule has 1 atom stereocenters. The predicted octanol–water partition coefficient (Wildman–Crippen LogP) is 4.41. The number of rotatable bonds is 2. The van der Waals surface area contributed by atoms with Crippen molar-refractivity contribution < 1.29 is 4.84 Å². The summed E-state index contributed by atoms with van der Waals surface area (Å²) in [6.07, 6.45) is 6.13. The van der Waals surface area contributed by atoms with E-state index in [9.17, 15) is 0 Å². The van der Waals surface area contributed by atoms with Crippen LogP contribution in [0.25, 0.3) is 0 Å².